The molecule has 7 heteroatoms. The van der Waals surface area contributed by atoms with Gasteiger partial charge in [0, 0.05) is 26.2 Å². The zero-order chi connectivity index (χ0) is 24.0. The van der Waals surface area contributed by atoms with Crippen molar-refractivity contribution in [1.82, 2.24) is 15.1 Å². The topological polar surface area (TPSA) is 71.1 Å². The van der Waals surface area contributed by atoms with E-state index in [4.69, 9.17) is 9.47 Å². The van der Waals surface area contributed by atoms with Crippen LogP contribution in [0.25, 0.3) is 0 Å². The Morgan fingerprint density at radius 1 is 1.06 bits per heavy atom. The van der Waals surface area contributed by atoms with Crippen molar-refractivity contribution in [3.05, 3.63) is 59.2 Å². The largest absolute Gasteiger partial charge is 0.493 e. The number of hydrogen-bond donors (Lipinski definition) is 1. The molecule has 7 nitrogen and oxygen atoms in total. The second-order valence-corrected chi connectivity index (χ2v) is 8.80. The molecular weight excluding hydrogens is 418 g/mol. The van der Waals surface area contributed by atoms with Gasteiger partial charge in [0.2, 0.25) is 5.91 Å². The maximum absolute atomic E-state index is 13.0. The van der Waals surface area contributed by atoms with E-state index in [1.54, 1.807) is 14.2 Å². The number of benzene rings is 2. The summed E-state index contributed by atoms with van der Waals surface area (Å²) in [6, 6.07) is 13.5. The van der Waals surface area contributed by atoms with Gasteiger partial charge in [-0.2, -0.15) is 0 Å². The number of carbonyl (C=O) groups excluding carboxylic acids is 2. The van der Waals surface area contributed by atoms with Crippen LogP contribution in [-0.2, 0) is 17.8 Å². The van der Waals surface area contributed by atoms with E-state index in [1.807, 2.05) is 59.2 Å². The van der Waals surface area contributed by atoms with Gasteiger partial charge in [0.15, 0.2) is 11.5 Å². The molecule has 178 valence electrons. The smallest absolute Gasteiger partial charge is 0.318 e. The van der Waals surface area contributed by atoms with Crippen LogP contribution in [0.15, 0.2) is 42.5 Å². The first-order valence-electron chi connectivity index (χ1n) is 11.4. The zero-order valence-electron chi connectivity index (χ0n) is 20.3. The van der Waals surface area contributed by atoms with Gasteiger partial charge in [0.1, 0.15) is 0 Å². The number of methoxy groups -OCH3 is 2. The van der Waals surface area contributed by atoms with E-state index in [0.717, 1.165) is 16.7 Å². The number of nitrogens with zero attached hydrogens (tertiary/aromatic N) is 2. The van der Waals surface area contributed by atoms with Crippen molar-refractivity contribution in [1.29, 1.82) is 0 Å². The fourth-order valence-corrected chi connectivity index (χ4v) is 4.22. The van der Waals surface area contributed by atoms with Crippen LogP contribution in [0.3, 0.4) is 0 Å². The molecule has 2 aromatic carbocycles. The molecule has 1 heterocycles. The van der Waals surface area contributed by atoms with Crippen LogP contribution < -0.4 is 14.8 Å². The van der Waals surface area contributed by atoms with Crippen molar-refractivity contribution in [3.8, 4) is 11.5 Å². The number of urea groups is 1. The molecule has 1 saturated heterocycles. The van der Waals surface area contributed by atoms with Crippen LogP contribution in [0.5, 0.6) is 11.5 Å². The fraction of sp³-hybridized carbons (Fsp3) is 0.462. The molecule has 1 N–H and O–H groups in total. The molecule has 0 aromatic heterocycles. The Labute approximate surface area is 196 Å². The summed E-state index contributed by atoms with van der Waals surface area (Å²) in [7, 11) is 3.17. The van der Waals surface area contributed by atoms with E-state index in [1.165, 1.54) is 0 Å². The summed E-state index contributed by atoms with van der Waals surface area (Å²) in [6.45, 7) is 8.29. The average Bonchev–Trinajstić information content (AvgIpc) is 2.82. The second kappa shape index (κ2) is 11.1. The molecule has 0 aliphatic carbocycles. The Hall–Kier alpha value is -3.22. The lowest BCUT2D eigenvalue weighted by Crippen LogP contribution is -2.60. The van der Waals surface area contributed by atoms with Crippen molar-refractivity contribution >= 4 is 11.9 Å². The van der Waals surface area contributed by atoms with Gasteiger partial charge in [-0.05, 0) is 41.7 Å². The minimum atomic E-state index is -0.0797. The molecule has 1 fully saturated rings. The molecule has 1 unspecified atom stereocenters. The van der Waals surface area contributed by atoms with E-state index < -0.39 is 0 Å². The number of amides is 3. The average molecular weight is 454 g/mol. The van der Waals surface area contributed by atoms with Crippen LogP contribution in [0.4, 0.5) is 4.79 Å². The lowest BCUT2D eigenvalue weighted by Gasteiger charge is -2.43. The van der Waals surface area contributed by atoms with E-state index in [9.17, 15) is 9.59 Å². The van der Waals surface area contributed by atoms with Crippen LogP contribution in [0, 0.1) is 12.8 Å². The molecular formula is C26H35N3O4. The highest BCUT2D eigenvalue weighted by Gasteiger charge is 2.34. The molecule has 3 amide bonds. The third kappa shape index (κ3) is 5.97. The van der Waals surface area contributed by atoms with E-state index in [2.05, 4.69) is 19.2 Å². The van der Waals surface area contributed by atoms with Gasteiger partial charge in [0.05, 0.1) is 26.7 Å². The van der Waals surface area contributed by atoms with Gasteiger partial charge in [-0.15, -0.1) is 0 Å². The summed E-state index contributed by atoms with van der Waals surface area (Å²) < 4.78 is 10.6. The first-order chi connectivity index (χ1) is 15.8. The predicted octanol–water partition coefficient (Wildman–Crippen LogP) is 3.63. The molecule has 0 spiro atoms. The Kier molecular flexibility index (Phi) is 8.20. The highest BCUT2D eigenvalue weighted by atomic mass is 16.5. The number of hydrogen-bond acceptors (Lipinski definition) is 4. The van der Waals surface area contributed by atoms with Gasteiger partial charge in [-0.25, -0.2) is 4.79 Å². The standard InChI is InChI=1S/C26H35N3O4/c1-18(2)22-17-28(25(30)15-20-10-11-23(32-4)24(14-20)33-5)12-13-29(22)26(31)27-16-21-9-7-6-8-19(21)3/h6-11,14,18,22H,12-13,15-17H2,1-5H3,(H,27,31). The van der Waals surface area contributed by atoms with Crippen molar-refractivity contribution in [2.75, 3.05) is 33.9 Å². The van der Waals surface area contributed by atoms with E-state index >= 15 is 0 Å². The molecule has 1 atom stereocenters. The Balaban J connectivity index is 1.62. The lowest BCUT2D eigenvalue weighted by atomic mass is 9.99. The van der Waals surface area contributed by atoms with Crippen LogP contribution in [0.1, 0.15) is 30.5 Å². The van der Waals surface area contributed by atoms with Gasteiger partial charge >= 0.3 is 6.03 Å². The Morgan fingerprint density at radius 3 is 2.45 bits per heavy atom. The van der Waals surface area contributed by atoms with Crippen molar-refractivity contribution in [2.24, 2.45) is 5.92 Å². The number of nitrogens with one attached hydrogen (secondary N) is 1. The molecule has 2 aromatic rings. The van der Waals surface area contributed by atoms with Crippen molar-refractivity contribution in [3.63, 3.8) is 0 Å². The molecule has 3 rings (SSSR count). The fourth-order valence-electron chi connectivity index (χ4n) is 4.22. The first kappa shape index (κ1) is 24.4. The van der Waals surface area contributed by atoms with Crippen molar-refractivity contribution < 1.29 is 19.1 Å². The zero-order valence-corrected chi connectivity index (χ0v) is 20.3. The summed E-state index contributed by atoms with van der Waals surface area (Å²) >= 11 is 0. The number of ether oxygens (including phenoxy) is 2. The highest BCUT2D eigenvalue weighted by Crippen LogP contribution is 2.28. The molecule has 0 bridgehead atoms. The van der Waals surface area contributed by atoms with Crippen LogP contribution >= 0.6 is 0 Å². The van der Waals surface area contributed by atoms with Gasteiger partial charge in [-0.3, -0.25) is 4.79 Å². The maximum Gasteiger partial charge on any atom is 0.318 e. The quantitative estimate of drug-likeness (QED) is 0.695. The van der Waals surface area contributed by atoms with E-state index in [-0.39, 0.29) is 30.3 Å². The minimum Gasteiger partial charge on any atom is -0.493 e. The molecule has 1 aliphatic heterocycles. The van der Waals surface area contributed by atoms with Crippen LogP contribution in [-0.4, -0.2) is 61.6 Å². The number of piperazine rings is 1. The van der Waals surface area contributed by atoms with E-state index in [0.29, 0.717) is 37.7 Å². The van der Waals surface area contributed by atoms with Crippen LogP contribution in [0.2, 0.25) is 0 Å². The first-order valence-corrected chi connectivity index (χ1v) is 11.4. The van der Waals surface area contributed by atoms with Gasteiger partial charge < -0.3 is 24.6 Å². The highest BCUT2D eigenvalue weighted by molar-refractivity contribution is 5.80. The monoisotopic (exact) mass is 453 g/mol. The normalized spacial score (nSPS) is 16.0. The van der Waals surface area contributed by atoms with Gasteiger partial charge in [0.25, 0.3) is 0 Å². The molecule has 0 radical (unpaired) electrons. The lowest BCUT2D eigenvalue weighted by molar-refractivity contribution is -0.133. The second-order valence-electron chi connectivity index (χ2n) is 8.80. The Bertz CT molecular complexity index is 976. The summed E-state index contributed by atoms with van der Waals surface area (Å²) in [5.74, 6) is 1.52. The maximum atomic E-state index is 13.0. The summed E-state index contributed by atoms with van der Waals surface area (Å²) in [4.78, 5) is 29.8. The summed E-state index contributed by atoms with van der Waals surface area (Å²) in [5, 5.41) is 3.06. The third-order valence-corrected chi connectivity index (χ3v) is 6.30. The number of aryl methyl sites for hydroxylation is 1. The summed E-state index contributed by atoms with van der Waals surface area (Å²) in [6.07, 6.45) is 0.282. The molecule has 0 saturated carbocycles. The number of carbonyl (C=O) groups is 2. The Morgan fingerprint density at radius 2 is 1.79 bits per heavy atom. The molecule has 33 heavy (non-hydrogen) atoms. The molecule has 1 aliphatic rings. The SMILES string of the molecule is COc1ccc(CC(=O)N2CCN(C(=O)NCc3ccccc3C)C(C(C)C)C2)cc1OC. The minimum absolute atomic E-state index is 0.0371. The van der Waals surface area contributed by atoms with Gasteiger partial charge in [-0.1, -0.05) is 44.2 Å². The third-order valence-electron chi connectivity index (χ3n) is 6.30. The van der Waals surface area contributed by atoms with Crippen molar-refractivity contribution in [2.45, 2.75) is 39.8 Å². The summed E-state index contributed by atoms with van der Waals surface area (Å²) in [5.41, 5.74) is 3.14. The number of rotatable bonds is 7. The predicted molar refractivity (Wildman–Crippen MR) is 129 cm³/mol.